The lowest BCUT2D eigenvalue weighted by Gasteiger charge is -2.08. The third kappa shape index (κ3) is 2.95. The first-order valence-electron chi connectivity index (χ1n) is 8.57. The van der Waals surface area contributed by atoms with Crippen LogP contribution in [0.25, 0.3) is 28.2 Å². The quantitative estimate of drug-likeness (QED) is 0.431. The molecule has 5 heteroatoms. The molecule has 0 saturated carbocycles. The summed E-state index contributed by atoms with van der Waals surface area (Å²) in [6, 6.07) is 21.6. The first kappa shape index (κ1) is 15.4. The lowest BCUT2D eigenvalue weighted by Crippen LogP contribution is -1.87. The Kier molecular flexibility index (Phi) is 3.68. The van der Waals surface area contributed by atoms with Gasteiger partial charge in [0.2, 0.25) is 5.89 Å². The van der Waals surface area contributed by atoms with Crippen molar-refractivity contribution in [3.05, 3.63) is 91.7 Å². The van der Waals surface area contributed by atoms with Gasteiger partial charge >= 0.3 is 0 Å². The molecule has 2 aromatic carbocycles. The van der Waals surface area contributed by atoms with Gasteiger partial charge in [-0.05, 0) is 42.5 Å². The Morgan fingerprint density at radius 2 is 1.63 bits per heavy atom. The minimum Gasteiger partial charge on any atom is -0.457 e. The summed E-state index contributed by atoms with van der Waals surface area (Å²) in [5, 5.41) is 0. The normalized spacial score (nSPS) is 11.0. The van der Waals surface area contributed by atoms with Crippen LogP contribution in [0.3, 0.4) is 0 Å². The van der Waals surface area contributed by atoms with E-state index in [2.05, 4.69) is 16.0 Å². The zero-order valence-corrected chi connectivity index (χ0v) is 14.3. The van der Waals surface area contributed by atoms with Gasteiger partial charge in [0, 0.05) is 17.3 Å². The molecular formula is C22H15N3O2. The van der Waals surface area contributed by atoms with Crippen LogP contribution in [0.4, 0.5) is 0 Å². The van der Waals surface area contributed by atoms with Crippen LogP contribution in [0, 0.1) is 0 Å². The lowest BCUT2D eigenvalue weighted by atomic mass is 10.1. The molecule has 0 unspecified atom stereocenters. The molecule has 0 spiro atoms. The molecule has 0 amide bonds. The first-order chi connectivity index (χ1) is 13.4. The van der Waals surface area contributed by atoms with Crippen molar-refractivity contribution in [2.24, 2.45) is 0 Å². The number of aromatic nitrogens is 3. The van der Waals surface area contributed by atoms with Crippen LogP contribution < -0.4 is 4.74 Å². The van der Waals surface area contributed by atoms with Gasteiger partial charge in [0.15, 0.2) is 0 Å². The number of pyridine rings is 1. The van der Waals surface area contributed by atoms with Crippen molar-refractivity contribution in [2.45, 2.75) is 0 Å². The van der Waals surface area contributed by atoms with Gasteiger partial charge in [-0.2, -0.15) is 0 Å². The van der Waals surface area contributed by atoms with E-state index in [9.17, 15) is 0 Å². The van der Waals surface area contributed by atoms with Gasteiger partial charge in [-0.1, -0.05) is 24.3 Å². The Bertz CT molecular complexity index is 1210. The van der Waals surface area contributed by atoms with Crippen LogP contribution >= 0.6 is 0 Å². The molecule has 130 valence electrons. The Labute approximate surface area is 155 Å². The van der Waals surface area contributed by atoms with Crippen LogP contribution in [0.1, 0.15) is 0 Å². The van der Waals surface area contributed by atoms with Crippen molar-refractivity contribution in [1.82, 2.24) is 14.4 Å². The molecule has 0 N–H and O–H groups in total. The van der Waals surface area contributed by atoms with Gasteiger partial charge in [0.05, 0.1) is 23.7 Å². The molecule has 3 aromatic heterocycles. The number of hydrogen-bond donors (Lipinski definition) is 0. The summed E-state index contributed by atoms with van der Waals surface area (Å²) in [6.45, 7) is 0. The van der Waals surface area contributed by atoms with Crippen LogP contribution in [-0.4, -0.2) is 14.4 Å². The third-order valence-electron chi connectivity index (χ3n) is 4.30. The summed E-state index contributed by atoms with van der Waals surface area (Å²) in [5.74, 6) is 2.03. The van der Waals surface area contributed by atoms with Crippen molar-refractivity contribution in [1.29, 1.82) is 0 Å². The predicted molar refractivity (Wildman–Crippen MR) is 103 cm³/mol. The molecule has 0 aliphatic rings. The summed E-state index contributed by atoms with van der Waals surface area (Å²) < 4.78 is 13.4. The zero-order chi connectivity index (χ0) is 18.1. The van der Waals surface area contributed by atoms with Crippen molar-refractivity contribution in [3.8, 4) is 34.2 Å². The van der Waals surface area contributed by atoms with Gasteiger partial charge in [-0.25, -0.2) is 9.97 Å². The van der Waals surface area contributed by atoms with Gasteiger partial charge in [0.25, 0.3) is 0 Å². The minimum atomic E-state index is 0.568. The molecular weight excluding hydrogens is 338 g/mol. The maximum atomic E-state index is 6.06. The Balaban J connectivity index is 1.47. The average Bonchev–Trinajstić information content (AvgIpc) is 3.39. The highest BCUT2D eigenvalue weighted by Gasteiger charge is 2.09. The number of hydrogen-bond acceptors (Lipinski definition) is 4. The molecule has 0 aliphatic heterocycles. The summed E-state index contributed by atoms with van der Waals surface area (Å²) in [7, 11) is 0. The minimum absolute atomic E-state index is 0.568. The van der Waals surface area contributed by atoms with Crippen LogP contribution in [0.15, 0.2) is 96.1 Å². The van der Waals surface area contributed by atoms with Crippen molar-refractivity contribution >= 4 is 5.52 Å². The Hall–Kier alpha value is -3.86. The number of ether oxygens (including phenoxy) is 1. The van der Waals surface area contributed by atoms with Gasteiger partial charge in [-0.15, -0.1) is 0 Å². The number of rotatable bonds is 4. The second-order valence-corrected chi connectivity index (χ2v) is 6.08. The topological polar surface area (TPSA) is 52.6 Å². The van der Waals surface area contributed by atoms with Crippen LogP contribution in [-0.2, 0) is 0 Å². The van der Waals surface area contributed by atoms with Crippen molar-refractivity contribution < 1.29 is 9.15 Å². The number of oxazole rings is 1. The molecule has 5 nitrogen and oxygen atoms in total. The van der Waals surface area contributed by atoms with E-state index < -0.39 is 0 Å². The largest absolute Gasteiger partial charge is 0.457 e. The van der Waals surface area contributed by atoms with Gasteiger partial charge < -0.3 is 13.6 Å². The van der Waals surface area contributed by atoms with Crippen LogP contribution in [0.2, 0.25) is 0 Å². The van der Waals surface area contributed by atoms with E-state index in [0.29, 0.717) is 5.89 Å². The smallest absolute Gasteiger partial charge is 0.225 e. The van der Waals surface area contributed by atoms with Gasteiger partial charge in [-0.3, -0.25) is 0 Å². The van der Waals surface area contributed by atoms with E-state index in [1.54, 1.807) is 12.5 Å². The first-order valence-corrected chi connectivity index (χ1v) is 8.57. The fourth-order valence-corrected chi connectivity index (χ4v) is 3.07. The maximum absolute atomic E-state index is 6.06. The third-order valence-corrected chi connectivity index (χ3v) is 4.30. The highest BCUT2D eigenvalue weighted by Crippen LogP contribution is 2.30. The number of fused-ring (bicyclic) bond motifs is 1. The Morgan fingerprint density at radius 3 is 2.44 bits per heavy atom. The second-order valence-electron chi connectivity index (χ2n) is 6.08. The number of imidazole rings is 1. The average molecular weight is 353 g/mol. The maximum Gasteiger partial charge on any atom is 0.225 e. The van der Waals surface area contributed by atoms with E-state index in [4.69, 9.17) is 9.15 Å². The molecule has 27 heavy (non-hydrogen) atoms. The summed E-state index contributed by atoms with van der Waals surface area (Å²) in [6.07, 6.45) is 6.99. The van der Waals surface area contributed by atoms with E-state index in [1.807, 2.05) is 77.6 Å². The molecule has 0 fully saturated rings. The van der Waals surface area contributed by atoms with Crippen molar-refractivity contribution in [3.63, 3.8) is 0 Å². The molecule has 0 aliphatic carbocycles. The lowest BCUT2D eigenvalue weighted by molar-refractivity contribution is 0.482. The monoisotopic (exact) mass is 353 g/mol. The molecule has 0 saturated heterocycles. The van der Waals surface area contributed by atoms with Crippen LogP contribution in [0.5, 0.6) is 11.5 Å². The van der Waals surface area contributed by atoms with Crippen molar-refractivity contribution in [2.75, 3.05) is 0 Å². The van der Waals surface area contributed by atoms with Gasteiger partial charge in [0.1, 0.15) is 17.8 Å². The van der Waals surface area contributed by atoms with E-state index in [-0.39, 0.29) is 0 Å². The number of nitrogens with zero attached hydrogens (tertiary/aromatic N) is 3. The molecule has 0 atom stereocenters. The fraction of sp³-hybridized carbons (Fsp3) is 0. The molecule has 0 bridgehead atoms. The summed E-state index contributed by atoms with van der Waals surface area (Å²) in [4.78, 5) is 8.73. The standard InChI is InChI=1S/C22H15N3O2/c1-2-11-25-15-24-21(20(25)9-1)16-5-3-7-18(13-16)27-19-8-4-6-17(14-19)22-23-10-12-26-22/h1-15H. The number of benzene rings is 2. The van der Waals surface area contributed by atoms with E-state index in [1.165, 1.54) is 0 Å². The Morgan fingerprint density at radius 1 is 0.815 bits per heavy atom. The zero-order valence-electron chi connectivity index (χ0n) is 14.3. The highest BCUT2D eigenvalue weighted by atomic mass is 16.5. The van der Waals surface area contributed by atoms with E-state index >= 15 is 0 Å². The molecule has 3 heterocycles. The molecule has 5 rings (SSSR count). The highest BCUT2D eigenvalue weighted by molar-refractivity contribution is 5.77. The summed E-state index contributed by atoms with van der Waals surface area (Å²) >= 11 is 0. The molecule has 5 aromatic rings. The molecule has 0 radical (unpaired) electrons. The fourth-order valence-electron chi connectivity index (χ4n) is 3.07. The van der Waals surface area contributed by atoms with E-state index in [0.717, 1.165) is 33.8 Å². The predicted octanol–water partition coefficient (Wildman–Crippen LogP) is 5.45. The summed E-state index contributed by atoms with van der Waals surface area (Å²) in [5.41, 5.74) is 3.86. The SMILES string of the molecule is c1cc(Oc2cccc(-c3ncn4ccccc34)c2)cc(-c2ncco2)c1. The second kappa shape index (κ2) is 6.46.